The Balaban J connectivity index is 2.62. The highest BCUT2D eigenvalue weighted by Gasteiger charge is 2.53. The number of hydrogen-bond donors (Lipinski definition) is 2. The van der Waals surface area contributed by atoms with Crippen molar-refractivity contribution >= 4 is 37.4 Å². The van der Waals surface area contributed by atoms with Gasteiger partial charge in [-0.1, -0.05) is 5.09 Å². The minimum absolute atomic E-state index is 0.0814. The van der Waals surface area contributed by atoms with Gasteiger partial charge in [-0.25, -0.2) is 19.1 Å². The summed E-state index contributed by atoms with van der Waals surface area (Å²) < 4.78 is 51.8. The molecular weight excluding hydrogens is 603 g/mol. The lowest BCUT2D eigenvalue weighted by Gasteiger charge is -2.36. The summed E-state index contributed by atoms with van der Waals surface area (Å²) >= 11 is 0. The van der Waals surface area contributed by atoms with E-state index in [1.807, 2.05) is 6.07 Å². The fourth-order valence-electron chi connectivity index (χ4n) is 3.64. The van der Waals surface area contributed by atoms with Crippen LogP contribution < -0.4 is 10.8 Å². The summed E-state index contributed by atoms with van der Waals surface area (Å²) in [6.07, 6.45) is -4.89. The molecule has 1 unspecified atom stereocenters. The first kappa shape index (κ1) is 36.4. The molecule has 0 amide bonds. The monoisotopic (exact) mass is 641 g/mol. The number of carbonyl (C=O) groups excluding carboxylic acids is 3. The second-order valence-electron chi connectivity index (χ2n) is 9.74. The van der Waals surface area contributed by atoms with Crippen LogP contribution in [0.25, 0.3) is 5.52 Å². The Morgan fingerprint density at radius 1 is 1.02 bits per heavy atom. The molecule has 0 aromatic carbocycles. The highest BCUT2D eigenvalue weighted by atomic mass is 31.1. The molecule has 0 radical (unpaired) electrons. The Kier molecular flexibility index (Phi) is 13.5. The summed E-state index contributed by atoms with van der Waals surface area (Å²) in [5.41, 5.74) is 4.12. The van der Waals surface area contributed by atoms with Crippen LogP contribution in [-0.2, 0) is 51.9 Å². The number of nitrogen functional groups attached to an aromatic ring is 1. The normalized spacial score (nSPS) is 16.6. The van der Waals surface area contributed by atoms with E-state index in [9.17, 15) is 24.2 Å². The molecule has 2 heterocycles. The molecule has 2 aromatic heterocycles. The standard InChI is InChI=1S/C26H38N6O11P/c1-14(2)41-23(33)15(3)31-44(36)40-12-26(11-27,39-8)21(43-25(35)17(5)38-7)20(42-24(34)16(4)37-6)18-9-10-19-22(28)29-13-30-32(18)19/h9-10,13-17,20-21H,12H2,1-8H3,(H,31,36)(H2,28,29,30)/q+1/t15-,16-,17-,20-,21-,26+/m0/s1. The van der Waals surface area contributed by atoms with Crippen LogP contribution in [0, 0.1) is 11.3 Å². The highest BCUT2D eigenvalue weighted by molar-refractivity contribution is 7.36. The van der Waals surface area contributed by atoms with Crippen molar-refractivity contribution in [1.82, 2.24) is 19.7 Å². The molecule has 0 bridgehead atoms. The number of fused-ring (bicyclic) bond motifs is 1. The van der Waals surface area contributed by atoms with E-state index in [1.165, 1.54) is 51.6 Å². The van der Waals surface area contributed by atoms with Crippen molar-refractivity contribution in [3.05, 3.63) is 24.2 Å². The number of rotatable bonds is 17. The van der Waals surface area contributed by atoms with E-state index in [0.717, 1.165) is 13.4 Å². The van der Waals surface area contributed by atoms with Crippen LogP contribution in [0.15, 0.2) is 18.5 Å². The van der Waals surface area contributed by atoms with Crippen LogP contribution in [-0.4, -0.2) is 96.5 Å². The van der Waals surface area contributed by atoms with E-state index in [0.29, 0.717) is 5.52 Å². The fourth-order valence-corrected chi connectivity index (χ4v) is 4.44. The third-order valence-electron chi connectivity index (χ3n) is 6.35. The maximum absolute atomic E-state index is 13.1. The molecule has 242 valence electrons. The molecule has 0 fully saturated rings. The number of ether oxygens (including phenoxy) is 6. The fraction of sp³-hybridized carbons (Fsp3) is 0.615. The average molecular weight is 642 g/mol. The minimum atomic E-state index is -2.81. The summed E-state index contributed by atoms with van der Waals surface area (Å²) in [6, 6.07) is 3.85. The van der Waals surface area contributed by atoms with Crippen molar-refractivity contribution in [2.24, 2.45) is 0 Å². The Labute approximate surface area is 255 Å². The molecule has 18 heteroatoms. The zero-order valence-electron chi connectivity index (χ0n) is 25.7. The Morgan fingerprint density at radius 2 is 1.64 bits per heavy atom. The van der Waals surface area contributed by atoms with Gasteiger partial charge in [0.25, 0.3) is 0 Å². The molecule has 17 nitrogen and oxygen atoms in total. The summed E-state index contributed by atoms with van der Waals surface area (Å²) in [7, 11) is 0.850. The van der Waals surface area contributed by atoms with Gasteiger partial charge in [-0.2, -0.15) is 10.4 Å². The van der Waals surface area contributed by atoms with E-state index in [2.05, 4.69) is 15.2 Å². The number of esters is 3. The van der Waals surface area contributed by atoms with Gasteiger partial charge in [-0.3, -0.25) is 4.79 Å². The van der Waals surface area contributed by atoms with E-state index < -0.39 is 74.9 Å². The van der Waals surface area contributed by atoms with Crippen molar-refractivity contribution in [3.63, 3.8) is 0 Å². The summed E-state index contributed by atoms with van der Waals surface area (Å²) in [4.78, 5) is 42.2. The van der Waals surface area contributed by atoms with Crippen molar-refractivity contribution in [2.75, 3.05) is 33.7 Å². The van der Waals surface area contributed by atoms with Crippen LogP contribution in [0.3, 0.4) is 0 Å². The Bertz CT molecular complexity index is 1370. The first-order valence-electron chi connectivity index (χ1n) is 13.3. The first-order valence-corrected chi connectivity index (χ1v) is 14.5. The number of nitrogens with one attached hydrogen (secondary N) is 1. The lowest BCUT2D eigenvalue weighted by molar-refractivity contribution is -0.202. The third-order valence-corrected chi connectivity index (χ3v) is 7.31. The molecular formula is C26H38N6O11P+. The van der Waals surface area contributed by atoms with E-state index in [-0.39, 0.29) is 11.5 Å². The molecule has 3 N–H and O–H groups in total. The predicted octanol–water partition coefficient (Wildman–Crippen LogP) is 1.39. The highest BCUT2D eigenvalue weighted by Crippen LogP contribution is 2.36. The number of methoxy groups -OCH3 is 3. The van der Waals surface area contributed by atoms with Crippen LogP contribution >= 0.6 is 8.18 Å². The zero-order valence-corrected chi connectivity index (χ0v) is 26.6. The second-order valence-corrected chi connectivity index (χ2v) is 10.8. The average Bonchev–Trinajstić information content (AvgIpc) is 3.43. The number of anilines is 1. The number of carbonyl (C=O) groups is 3. The van der Waals surface area contributed by atoms with Crippen LogP contribution in [0.4, 0.5) is 5.82 Å². The van der Waals surface area contributed by atoms with E-state index in [1.54, 1.807) is 13.8 Å². The predicted molar refractivity (Wildman–Crippen MR) is 152 cm³/mol. The Morgan fingerprint density at radius 3 is 2.18 bits per heavy atom. The lowest BCUT2D eigenvalue weighted by Crippen LogP contribution is -2.54. The van der Waals surface area contributed by atoms with Gasteiger partial charge in [0, 0.05) is 21.3 Å². The topological polar surface area (TPSA) is 225 Å². The van der Waals surface area contributed by atoms with Gasteiger partial charge in [0.1, 0.15) is 24.0 Å². The molecule has 2 aromatic rings. The molecule has 0 saturated carbocycles. The molecule has 0 aliphatic carbocycles. The van der Waals surface area contributed by atoms with Gasteiger partial charge >= 0.3 is 26.1 Å². The number of nitrogens with zero attached hydrogens (tertiary/aromatic N) is 4. The number of hydrogen-bond acceptors (Lipinski definition) is 15. The minimum Gasteiger partial charge on any atom is -0.462 e. The SMILES string of the molecule is CO[C@@H](C)C(=O)O[C@@H](c1ccc2c(N)ncnn12)[C@H](OC(=O)[C@H](C)OC)[C@@](C#N)(CO[P+](=O)N[C@@H](C)C(=O)OC(C)C)OC. The molecule has 0 spiro atoms. The number of nitriles is 1. The van der Waals surface area contributed by atoms with Crippen LogP contribution in [0.1, 0.15) is 46.4 Å². The van der Waals surface area contributed by atoms with Gasteiger partial charge in [-0.15, -0.1) is 4.52 Å². The van der Waals surface area contributed by atoms with E-state index in [4.69, 9.17) is 38.7 Å². The maximum Gasteiger partial charge on any atom is 0.613 e. The van der Waals surface area contributed by atoms with Crippen LogP contribution in [0.2, 0.25) is 0 Å². The Hall–Kier alpha value is -3.78. The smallest absolute Gasteiger partial charge is 0.462 e. The molecule has 0 saturated heterocycles. The summed E-state index contributed by atoms with van der Waals surface area (Å²) in [5.74, 6) is -2.47. The van der Waals surface area contributed by atoms with Gasteiger partial charge in [-0.05, 0) is 51.3 Å². The second kappa shape index (κ2) is 16.3. The third kappa shape index (κ3) is 8.88. The van der Waals surface area contributed by atoms with Crippen molar-refractivity contribution in [2.45, 2.75) is 76.8 Å². The van der Waals surface area contributed by atoms with Gasteiger partial charge in [0.15, 0.2) is 36.8 Å². The van der Waals surface area contributed by atoms with Gasteiger partial charge < -0.3 is 34.2 Å². The van der Waals surface area contributed by atoms with Crippen LogP contribution in [0.5, 0.6) is 0 Å². The molecule has 0 aliphatic rings. The van der Waals surface area contributed by atoms with Crippen molar-refractivity contribution in [1.29, 1.82) is 5.26 Å². The van der Waals surface area contributed by atoms with E-state index >= 15 is 0 Å². The zero-order chi connectivity index (χ0) is 33.2. The summed E-state index contributed by atoms with van der Waals surface area (Å²) in [6.45, 7) is 6.72. The van der Waals surface area contributed by atoms with Gasteiger partial charge in [0.2, 0.25) is 5.60 Å². The van der Waals surface area contributed by atoms with Crippen molar-refractivity contribution in [3.8, 4) is 6.07 Å². The molecule has 2 rings (SSSR count). The quantitative estimate of drug-likeness (QED) is 0.141. The number of nitrogens with two attached hydrogens (primary N) is 1. The first-order chi connectivity index (χ1) is 20.7. The molecule has 44 heavy (non-hydrogen) atoms. The maximum atomic E-state index is 13.1. The lowest BCUT2D eigenvalue weighted by atomic mass is 9.92. The number of aromatic nitrogens is 3. The molecule has 0 aliphatic heterocycles. The summed E-state index contributed by atoms with van der Waals surface area (Å²) in [5, 5.41) is 17.1. The van der Waals surface area contributed by atoms with Gasteiger partial charge in [0.05, 0.1) is 11.8 Å². The van der Waals surface area contributed by atoms with Crippen molar-refractivity contribution < 1.29 is 51.9 Å². The largest absolute Gasteiger partial charge is 0.613 e. The molecule has 7 atom stereocenters.